The molecule has 0 bridgehead atoms. The Kier molecular flexibility index (Phi) is 36.0. The number of carbonyl (C=O) groups excluding carboxylic acids is 3. The van der Waals surface area contributed by atoms with E-state index in [9.17, 15) is 14.4 Å². The Morgan fingerprint density at radius 2 is 0.660 bits per heavy atom. The average Bonchev–Trinajstić information content (AvgIpc) is 3.08. The van der Waals surface area contributed by atoms with Crippen LogP contribution < -0.4 is 0 Å². The molecule has 0 aliphatic carbocycles. The van der Waals surface area contributed by atoms with Crippen LogP contribution in [-0.4, -0.2) is 37.2 Å². The zero-order valence-corrected chi connectivity index (χ0v) is 34.0. The second-order valence-electron chi connectivity index (χ2n) is 15.9. The lowest BCUT2D eigenvalue weighted by Crippen LogP contribution is -2.30. The summed E-state index contributed by atoms with van der Waals surface area (Å²) >= 11 is 0. The van der Waals surface area contributed by atoms with Crippen LogP contribution >= 0.6 is 0 Å². The topological polar surface area (TPSA) is 78.9 Å². The van der Waals surface area contributed by atoms with Crippen LogP contribution in [0.3, 0.4) is 0 Å². The van der Waals surface area contributed by atoms with Gasteiger partial charge in [-0.1, -0.05) is 195 Å². The molecular weight excluding hydrogens is 624 g/mol. The molecule has 1 atom stereocenters. The highest BCUT2D eigenvalue weighted by Gasteiger charge is 2.19. The minimum Gasteiger partial charge on any atom is -0.462 e. The first-order chi connectivity index (χ1) is 24.2. The van der Waals surface area contributed by atoms with Crippen molar-refractivity contribution in [2.24, 2.45) is 11.8 Å². The quantitative estimate of drug-likeness (QED) is 0.0361. The van der Waals surface area contributed by atoms with Crippen LogP contribution in [0.2, 0.25) is 0 Å². The molecular formula is C44H84O6. The summed E-state index contributed by atoms with van der Waals surface area (Å²) in [7, 11) is 0. The molecule has 0 saturated carbocycles. The number of esters is 3. The first-order valence-corrected chi connectivity index (χ1v) is 21.7. The van der Waals surface area contributed by atoms with Crippen LogP contribution in [0, 0.1) is 11.8 Å². The number of hydrogen-bond acceptors (Lipinski definition) is 6. The van der Waals surface area contributed by atoms with Crippen LogP contribution in [0.15, 0.2) is 0 Å². The molecule has 0 aromatic carbocycles. The van der Waals surface area contributed by atoms with E-state index in [1.54, 1.807) is 0 Å². The van der Waals surface area contributed by atoms with Gasteiger partial charge in [-0.2, -0.15) is 0 Å². The van der Waals surface area contributed by atoms with Gasteiger partial charge in [0.15, 0.2) is 6.10 Å². The third-order valence-electron chi connectivity index (χ3n) is 9.72. The molecule has 0 aromatic heterocycles. The maximum Gasteiger partial charge on any atom is 0.306 e. The first kappa shape index (κ1) is 48.4. The standard InChI is InChI=1S/C44H84O6/c1-6-7-8-9-17-24-29-34-42(45)48-37-41(38-49-43(46)35-30-25-20-16-12-14-19-23-28-33-40(4)5)50-44(47)36-31-26-21-15-11-10-13-18-22-27-32-39(2)3/h39-41H,6-38H2,1-5H3/t41-/m0/s1. The lowest BCUT2D eigenvalue weighted by molar-refractivity contribution is -0.167. The van der Waals surface area contributed by atoms with E-state index < -0.39 is 6.10 Å². The molecule has 0 heterocycles. The van der Waals surface area contributed by atoms with Crippen molar-refractivity contribution >= 4 is 17.9 Å². The van der Waals surface area contributed by atoms with Crippen LogP contribution in [0.1, 0.15) is 234 Å². The maximum atomic E-state index is 12.7. The minimum atomic E-state index is -0.759. The molecule has 296 valence electrons. The van der Waals surface area contributed by atoms with Gasteiger partial charge in [0.1, 0.15) is 13.2 Å². The highest BCUT2D eigenvalue weighted by atomic mass is 16.6. The van der Waals surface area contributed by atoms with Crippen molar-refractivity contribution in [1.82, 2.24) is 0 Å². The molecule has 0 N–H and O–H groups in total. The van der Waals surface area contributed by atoms with Gasteiger partial charge in [0.2, 0.25) is 0 Å². The normalized spacial score (nSPS) is 12.1. The van der Waals surface area contributed by atoms with Crippen LogP contribution in [0.25, 0.3) is 0 Å². The Morgan fingerprint density at radius 1 is 0.380 bits per heavy atom. The van der Waals surface area contributed by atoms with Crippen LogP contribution in [-0.2, 0) is 28.6 Å². The number of rotatable bonds is 38. The third kappa shape index (κ3) is 37.7. The first-order valence-electron chi connectivity index (χ1n) is 21.7. The predicted molar refractivity (Wildman–Crippen MR) is 210 cm³/mol. The zero-order valence-electron chi connectivity index (χ0n) is 34.0. The van der Waals surface area contributed by atoms with Crippen LogP contribution in [0.5, 0.6) is 0 Å². The van der Waals surface area contributed by atoms with Gasteiger partial charge in [0.05, 0.1) is 0 Å². The monoisotopic (exact) mass is 709 g/mol. The summed E-state index contributed by atoms with van der Waals surface area (Å²) in [6.45, 7) is 11.3. The Bertz CT molecular complexity index is 764. The Balaban J connectivity index is 4.30. The van der Waals surface area contributed by atoms with E-state index in [2.05, 4.69) is 34.6 Å². The summed E-state index contributed by atoms with van der Waals surface area (Å²) in [6.07, 6.45) is 33.8. The number of carbonyl (C=O) groups is 3. The molecule has 0 aromatic rings. The SMILES string of the molecule is CCCCCCCCCC(=O)OC[C@@H](COC(=O)CCCCCCCCCCCC(C)C)OC(=O)CCCCCCCCCCCCC(C)C. The summed E-state index contributed by atoms with van der Waals surface area (Å²) in [6, 6.07) is 0. The molecule has 0 amide bonds. The predicted octanol–water partition coefficient (Wildman–Crippen LogP) is 13.4. The summed E-state index contributed by atoms with van der Waals surface area (Å²) in [5, 5.41) is 0. The Morgan fingerprint density at radius 3 is 0.980 bits per heavy atom. The van der Waals surface area contributed by atoms with Gasteiger partial charge >= 0.3 is 17.9 Å². The van der Waals surface area contributed by atoms with E-state index in [1.807, 2.05) is 0 Å². The highest BCUT2D eigenvalue weighted by molar-refractivity contribution is 5.71. The van der Waals surface area contributed by atoms with Gasteiger partial charge in [-0.25, -0.2) is 0 Å². The van der Waals surface area contributed by atoms with Gasteiger partial charge < -0.3 is 14.2 Å². The van der Waals surface area contributed by atoms with E-state index in [4.69, 9.17) is 14.2 Å². The zero-order chi connectivity index (χ0) is 36.9. The molecule has 0 aliphatic rings. The summed E-state index contributed by atoms with van der Waals surface area (Å²) in [4.78, 5) is 37.5. The third-order valence-corrected chi connectivity index (χ3v) is 9.72. The summed E-state index contributed by atoms with van der Waals surface area (Å²) in [5.74, 6) is 0.757. The smallest absolute Gasteiger partial charge is 0.306 e. The van der Waals surface area contributed by atoms with Crippen molar-refractivity contribution < 1.29 is 28.6 Å². The highest BCUT2D eigenvalue weighted by Crippen LogP contribution is 2.16. The lowest BCUT2D eigenvalue weighted by atomic mass is 10.0. The van der Waals surface area contributed by atoms with Gasteiger partial charge in [0.25, 0.3) is 0 Å². The van der Waals surface area contributed by atoms with Crippen molar-refractivity contribution in [3.8, 4) is 0 Å². The van der Waals surface area contributed by atoms with Crippen molar-refractivity contribution in [3.05, 3.63) is 0 Å². The fourth-order valence-corrected chi connectivity index (χ4v) is 6.40. The van der Waals surface area contributed by atoms with E-state index in [0.717, 1.165) is 69.6 Å². The van der Waals surface area contributed by atoms with Crippen molar-refractivity contribution in [3.63, 3.8) is 0 Å². The average molecular weight is 709 g/mol. The molecule has 50 heavy (non-hydrogen) atoms. The largest absolute Gasteiger partial charge is 0.462 e. The van der Waals surface area contributed by atoms with Crippen molar-refractivity contribution in [2.75, 3.05) is 13.2 Å². The number of hydrogen-bond donors (Lipinski definition) is 0. The van der Waals surface area contributed by atoms with Gasteiger partial charge in [-0.3, -0.25) is 14.4 Å². The lowest BCUT2D eigenvalue weighted by Gasteiger charge is -2.18. The molecule has 0 saturated heterocycles. The second kappa shape index (κ2) is 37.2. The van der Waals surface area contributed by atoms with Crippen molar-refractivity contribution in [1.29, 1.82) is 0 Å². The number of unbranched alkanes of at least 4 members (excludes halogenated alkanes) is 23. The Labute approximate surface area is 310 Å². The molecule has 0 rings (SSSR count). The fourth-order valence-electron chi connectivity index (χ4n) is 6.40. The van der Waals surface area contributed by atoms with Crippen LogP contribution in [0.4, 0.5) is 0 Å². The molecule has 0 radical (unpaired) electrons. The molecule has 0 spiro atoms. The van der Waals surface area contributed by atoms with E-state index in [1.165, 1.54) is 122 Å². The Hall–Kier alpha value is -1.59. The molecule has 0 fully saturated rings. The summed E-state index contributed by atoms with van der Waals surface area (Å²) < 4.78 is 16.6. The van der Waals surface area contributed by atoms with Gasteiger partial charge in [-0.15, -0.1) is 0 Å². The molecule has 0 aliphatic heterocycles. The van der Waals surface area contributed by atoms with Gasteiger partial charge in [-0.05, 0) is 31.1 Å². The second-order valence-corrected chi connectivity index (χ2v) is 15.9. The fraction of sp³-hybridized carbons (Fsp3) is 0.932. The van der Waals surface area contributed by atoms with E-state index >= 15 is 0 Å². The minimum absolute atomic E-state index is 0.0659. The maximum absolute atomic E-state index is 12.7. The van der Waals surface area contributed by atoms with E-state index in [-0.39, 0.29) is 31.1 Å². The molecule has 6 heteroatoms. The summed E-state index contributed by atoms with van der Waals surface area (Å²) in [5.41, 5.74) is 0. The van der Waals surface area contributed by atoms with Gasteiger partial charge in [0, 0.05) is 19.3 Å². The molecule has 6 nitrogen and oxygen atoms in total. The van der Waals surface area contributed by atoms with E-state index in [0.29, 0.717) is 19.3 Å². The molecule has 0 unspecified atom stereocenters. The van der Waals surface area contributed by atoms with Crippen molar-refractivity contribution in [2.45, 2.75) is 240 Å². The number of ether oxygens (including phenoxy) is 3.